The molecule has 5 heteroatoms. The minimum Gasteiger partial charge on any atom is -0.465 e. The van der Waals surface area contributed by atoms with E-state index in [1.54, 1.807) is 30.3 Å². The van der Waals surface area contributed by atoms with E-state index < -0.39 is 11.4 Å². The van der Waals surface area contributed by atoms with Gasteiger partial charge in [-0.05, 0) is 48.2 Å². The maximum Gasteiger partial charge on any atom is 0.337 e. The van der Waals surface area contributed by atoms with Gasteiger partial charge in [0.2, 0.25) is 0 Å². The van der Waals surface area contributed by atoms with Crippen LogP contribution in [0.1, 0.15) is 34.3 Å². The third-order valence-corrected chi connectivity index (χ3v) is 4.51. The number of halogens is 1. The van der Waals surface area contributed by atoms with E-state index in [1.807, 2.05) is 18.2 Å². The molecule has 0 atom stereocenters. The molecule has 24 heavy (non-hydrogen) atoms. The number of benzene rings is 2. The van der Waals surface area contributed by atoms with Crippen LogP contribution < -0.4 is 0 Å². The zero-order valence-electron chi connectivity index (χ0n) is 13.3. The molecule has 3 rings (SSSR count). The first-order chi connectivity index (χ1) is 11.5. The fourth-order valence-corrected chi connectivity index (χ4v) is 2.82. The van der Waals surface area contributed by atoms with Gasteiger partial charge in [0.15, 0.2) is 0 Å². The fraction of sp³-hybridized carbons (Fsp3) is 0.263. The Morgan fingerprint density at radius 3 is 2.46 bits per heavy atom. The fourth-order valence-electron chi connectivity index (χ4n) is 2.70. The number of esters is 2. The summed E-state index contributed by atoms with van der Waals surface area (Å²) < 4.78 is 10.2. The van der Waals surface area contributed by atoms with Crippen molar-refractivity contribution in [2.24, 2.45) is 0 Å². The van der Waals surface area contributed by atoms with Crippen molar-refractivity contribution in [3.63, 3.8) is 0 Å². The normalized spacial score (nSPS) is 14.8. The Bertz CT molecular complexity index is 763. The maximum atomic E-state index is 12.5. The Balaban J connectivity index is 1.68. The molecule has 2 aromatic rings. The summed E-state index contributed by atoms with van der Waals surface area (Å²) in [5.41, 5.74) is 1.56. The van der Waals surface area contributed by atoms with Crippen LogP contribution in [0.3, 0.4) is 0 Å². The van der Waals surface area contributed by atoms with Crippen molar-refractivity contribution in [3.8, 4) is 0 Å². The Kier molecular flexibility index (Phi) is 4.58. The van der Waals surface area contributed by atoms with Crippen molar-refractivity contribution >= 4 is 23.5 Å². The molecule has 0 amide bonds. The van der Waals surface area contributed by atoms with E-state index >= 15 is 0 Å². The van der Waals surface area contributed by atoms with Gasteiger partial charge in [-0.25, -0.2) is 4.79 Å². The van der Waals surface area contributed by atoms with E-state index in [4.69, 9.17) is 21.1 Å². The lowest BCUT2D eigenvalue weighted by Crippen LogP contribution is -2.23. The van der Waals surface area contributed by atoms with E-state index in [0.29, 0.717) is 10.6 Å². The number of carbonyl (C=O) groups excluding carboxylic acids is 2. The van der Waals surface area contributed by atoms with Crippen LogP contribution in [0, 0.1) is 0 Å². The van der Waals surface area contributed by atoms with Crippen molar-refractivity contribution in [1.29, 1.82) is 0 Å². The topological polar surface area (TPSA) is 52.6 Å². The van der Waals surface area contributed by atoms with E-state index in [2.05, 4.69) is 0 Å². The van der Waals surface area contributed by atoms with Crippen LogP contribution in [0.5, 0.6) is 0 Å². The van der Waals surface area contributed by atoms with Crippen LogP contribution in [0.4, 0.5) is 0 Å². The van der Waals surface area contributed by atoms with Gasteiger partial charge < -0.3 is 9.47 Å². The largest absolute Gasteiger partial charge is 0.465 e. The molecule has 4 nitrogen and oxygen atoms in total. The highest BCUT2D eigenvalue weighted by atomic mass is 35.5. The van der Waals surface area contributed by atoms with Crippen LogP contribution >= 0.6 is 11.6 Å². The molecular formula is C19H17ClO4. The molecule has 1 fully saturated rings. The molecule has 0 bridgehead atoms. The Morgan fingerprint density at radius 1 is 1.12 bits per heavy atom. The van der Waals surface area contributed by atoms with Crippen molar-refractivity contribution in [2.45, 2.75) is 24.9 Å². The molecule has 0 N–H and O–H groups in total. The monoisotopic (exact) mass is 344 g/mol. The van der Waals surface area contributed by atoms with Crippen LogP contribution in [0.2, 0.25) is 5.02 Å². The van der Waals surface area contributed by atoms with Gasteiger partial charge >= 0.3 is 11.9 Å². The van der Waals surface area contributed by atoms with Crippen molar-refractivity contribution in [1.82, 2.24) is 0 Å². The maximum absolute atomic E-state index is 12.5. The summed E-state index contributed by atoms with van der Waals surface area (Å²) in [5.74, 6) is -0.656. The molecule has 0 aromatic heterocycles. The van der Waals surface area contributed by atoms with E-state index in [9.17, 15) is 9.59 Å². The Hall–Kier alpha value is -2.33. The predicted octanol–water partition coefficient (Wildman–Crippen LogP) is 3.90. The average Bonchev–Trinajstić information content (AvgIpc) is 3.41. The summed E-state index contributed by atoms with van der Waals surface area (Å²) in [6.07, 6.45) is 1.55. The van der Waals surface area contributed by atoms with Gasteiger partial charge in [-0.1, -0.05) is 35.9 Å². The standard InChI is InChI=1S/C19H17ClO4/c1-23-17(21)14-4-2-3-13(11-14)12-24-18(22)19(9-10-19)15-5-7-16(20)8-6-15/h2-8,11H,9-10,12H2,1H3. The molecule has 0 aliphatic heterocycles. The highest BCUT2D eigenvalue weighted by molar-refractivity contribution is 6.30. The SMILES string of the molecule is COC(=O)c1cccc(COC(=O)C2(c3ccc(Cl)cc3)CC2)c1. The number of carbonyl (C=O) groups is 2. The molecule has 0 heterocycles. The molecule has 1 aliphatic rings. The van der Waals surface area contributed by atoms with Gasteiger partial charge in [0, 0.05) is 5.02 Å². The molecule has 0 spiro atoms. The third kappa shape index (κ3) is 3.29. The van der Waals surface area contributed by atoms with Gasteiger partial charge in [0.25, 0.3) is 0 Å². The molecular weight excluding hydrogens is 328 g/mol. The summed E-state index contributed by atoms with van der Waals surface area (Å²) in [5, 5.41) is 0.641. The average molecular weight is 345 g/mol. The number of ether oxygens (including phenoxy) is 2. The highest BCUT2D eigenvalue weighted by Crippen LogP contribution is 2.49. The van der Waals surface area contributed by atoms with Gasteiger partial charge in [-0.15, -0.1) is 0 Å². The number of hydrogen-bond acceptors (Lipinski definition) is 4. The number of methoxy groups -OCH3 is 1. The second-order valence-electron chi connectivity index (χ2n) is 5.86. The van der Waals surface area contributed by atoms with Crippen molar-refractivity contribution in [3.05, 3.63) is 70.2 Å². The van der Waals surface area contributed by atoms with Crippen LogP contribution in [0.15, 0.2) is 48.5 Å². The number of hydrogen-bond donors (Lipinski definition) is 0. The summed E-state index contributed by atoms with van der Waals surface area (Å²) in [6, 6.07) is 14.2. The van der Waals surface area contributed by atoms with Crippen molar-refractivity contribution < 1.29 is 19.1 Å². The second-order valence-corrected chi connectivity index (χ2v) is 6.29. The first-order valence-corrected chi connectivity index (χ1v) is 8.03. The zero-order valence-corrected chi connectivity index (χ0v) is 14.0. The quantitative estimate of drug-likeness (QED) is 0.772. The van der Waals surface area contributed by atoms with E-state index in [0.717, 1.165) is 24.0 Å². The lowest BCUT2D eigenvalue weighted by molar-refractivity contribution is -0.148. The van der Waals surface area contributed by atoms with E-state index in [-0.39, 0.29) is 12.6 Å². The lowest BCUT2D eigenvalue weighted by atomic mass is 9.96. The van der Waals surface area contributed by atoms with Crippen molar-refractivity contribution in [2.75, 3.05) is 7.11 Å². The first kappa shape index (κ1) is 16.5. The molecule has 124 valence electrons. The Morgan fingerprint density at radius 2 is 1.83 bits per heavy atom. The second kappa shape index (κ2) is 6.65. The molecule has 0 saturated heterocycles. The van der Waals surface area contributed by atoms with Gasteiger partial charge in [0.1, 0.15) is 6.61 Å². The molecule has 1 saturated carbocycles. The molecule has 1 aliphatic carbocycles. The highest BCUT2D eigenvalue weighted by Gasteiger charge is 2.52. The molecule has 2 aromatic carbocycles. The van der Waals surface area contributed by atoms with Crippen LogP contribution in [-0.4, -0.2) is 19.0 Å². The predicted molar refractivity (Wildman–Crippen MR) is 89.9 cm³/mol. The number of rotatable bonds is 5. The van der Waals surface area contributed by atoms with E-state index in [1.165, 1.54) is 7.11 Å². The summed E-state index contributed by atoms with van der Waals surface area (Å²) >= 11 is 5.90. The summed E-state index contributed by atoms with van der Waals surface area (Å²) in [6.45, 7) is 0.124. The van der Waals surface area contributed by atoms with Gasteiger partial charge in [-0.2, -0.15) is 0 Å². The molecule has 0 radical (unpaired) electrons. The summed E-state index contributed by atoms with van der Waals surface area (Å²) in [4.78, 5) is 24.1. The molecule has 0 unspecified atom stereocenters. The Labute approximate surface area is 145 Å². The van der Waals surface area contributed by atoms with Crippen LogP contribution in [-0.2, 0) is 26.3 Å². The minimum absolute atomic E-state index is 0.124. The smallest absolute Gasteiger partial charge is 0.337 e. The minimum atomic E-state index is -0.551. The van der Waals surface area contributed by atoms with Crippen LogP contribution in [0.25, 0.3) is 0 Å². The first-order valence-electron chi connectivity index (χ1n) is 7.66. The lowest BCUT2D eigenvalue weighted by Gasteiger charge is -2.15. The zero-order chi connectivity index (χ0) is 17.2. The van der Waals surface area contributed by atoms with Gasteiger partial charge in [0.05, 0.1) is 18.1 Å². The summed E-state index contributed by atoms with van der Waals surface area (Å²) in [7, 11) is 1.33. The van der Waals surface area contributed by atoms with Gasteiger partial charge in [-0.3, -0.25) is 4.79 Å². The third-order valence-electron chi connectivity index (χ3n) is 4.26.